The highest BCUT2D eigenvalue weighted by molar-refractivity contribution is 6.31. The molecule has 0 aliphatic heterocycles. The molecule has 0 saturated carbocycles. The third-order valence-electron chi connectivity index (χ3n) is 3.31. The molecule has 1 aromatic heterocycles. The van der Waals surface area contributed by atoms with Gasteiger partial charge in [0.15, 0.2) is 0 Å². The van der Waals surface area contributed by atoms with E-state index in [0.717, 1.165) is 22.0 Å². The Balaban J connectivity index is 2.34. The van der Waals surface area contributed by atoms with Crippen LogP contribution in [0.2, 0.25) is 5.02 Å². The molecule has 0 atom stereocenters. The Morgan fingerprint density at radius 2 is 1.90 bits per heavy atom. The van der Waals surface area contributed by atoms with Crippen molar-refractivity contribution in [2.45, 2.75) is 6.42 Å². The molecular weight excluding hydrogens is 286 g/mol. The summed E-state index contributed by atoms with van der Waals surface area (Å²) in [6.07, 6.45) is 1.56. The lowest BCUT2D eigenvalue weighted by atomic mass is 9.95. The number of pyridine rings is 1. The van der Waals surface area contributed by atoms with Crippen molar-refractivity contribution in [3.8, 4) is 11.1 Å². The van der Waals surface area contributed by atoms with Crippen LogP contribution in [-0.2, 0) is 11.2 Å². The predicted octanol–water partition coefficient (Wildman–Crippen LogP) is 4.18. The lowest BCUT2D eigenvalue weighted by Gasteiger charge is -2.12. The molecule has 0 aliphatic carbocycles. The highest BCUT2D eigenvalue weighted by Gasteiger charge is 2.13. The van der Waals surface area contributed by atoms with Crippen molar-refractivity contribution < 1.29 is 9.90 Å². The largest absolute Gasteiger partial charge is 0.481 e. The number of aromatic nitrogens is 1. The highest BCUT2D eigenvalue weighted by Crippen LogP contribution is 2.32. The number of aliphatic carboxylic acids is 1. The fourth-order valence-corrected chi connectivity index (χ4v) is 2.62. The van der Waals surface area contributed by atoms with E-state index in [2.05, 4.69) is 4.98 Å². The zero-order valence-electron chi connectivity index (χ0n) is 11.1. The lowest BCUT2D eigenvalue weighted by molar-refractivity contribution is -0.136. The molecule has 104 valence electrons. The molecule has 3 rings (SSSR count). The summed E-state index contributed by atoms with van der Waals surface area (Å²) in [5.74, 6) is -0.879. The molecule has 0 radical (unpaired) electrons. The Morgan fingerprint density at radius 3 is 2.62 bits per heavy atom. The number of benzene rings is 2. The molecule has 0 unspecified atom stereocenters. The maximum atomic E-state index is 11.1. The normalized spacial score (nSPS) is 10.7. The Labute approximate surface area is 126 Å². The third-order valence-corrected chi connectivity index (χ3v) is 3.55. The number of carbonyl (C=O) groups is 1. The van der Waals surface area contributed by atoms with Gasteiger partial charge in [-0.05, 0) is 34.9 Å². The van der Waals surface area contributed by atoms with Crippen LogP contribution in [0.4, 0.5) is 0 Å². The van der Waals surface area contributed by atoms with Gasteiger partial charge in [-0.25, -0.2) is 0 Å². The van der Waals surface area contributed by atoms with E-state index in [4.69, 9.17) is 16.7 Å². The van der Waals surface area contributed by atoms with Crippen LogP contribution in [0.15, 0.2) is 54.7 Å². The monoisotopic (exact) mass is 297 g/mol. The third kappa shape index (κ3) is 2.73. The molecule has 2 aromatic carbocycles. The first kappa shape index (κ1) is 13.6. The quantitative estimate of drug-likeness (QED) is 0.789. The van der Waals surface area contributed by atoms with Crippen LogP contribution in [0.1, 0.15) is 5.56 Å². The second-order valence-corrected chi connectivity index (χ2v) is 5.19. The number of nitrogens with zero attached hydrogens (tertiary/aromatic N) is 1. The first-order chi connectivity index (χ1) is 10.1. The van der Waals surface area contributed by atoms with Gasteiger partial charge in [-0.1, -0.05) is 41.9 Å². The Kier molecular flexibility index (Phi) is 3.59. The van der Waals surface area contributed by atoms with Crippen LogP contribution >= 0.6 is 11.6 Å². The molecule has 3 aromatic rings. The van der Waals surface area contributed by atoms with Gasteiger partial charge in [-0.15, -0.1) is 0 Å². The van der Waals surface area contributed by atoms with Crippen molar-refractivity contribution in [1.29, 1.82) is 0 Å². The van der Waals surface area contributed by atoms with E-state index < -0.39 is 5.97 Å². The molecule has 4 heteroatoms. The molecule has 0 aliphatic rings. The first-order valence-corrected chi connectivity index (χ1v) is 6.87. The van der Waals surface area contributed by atoms with Gasteiger partial charge in [0.1, 0.15) is 0 Å². The molecule has 1 heterocycles. The molecule has 3 nitrogen and oxygen atoms in total. The lowest BCUT2D eigenvalue weighted by Crippen LogP contribution is -2.03. The Morgan fingerprint density at radius 1 is 1.14 bits per heavy atom. The van der Waals surface area contributed by atoms with Gasteiger partial charge in [0.05, 0.1) is 11.9 Å². The van der Waals surface area contributed by atoms with Gasteiger partial charge in [0, 0.05) is 16.6 Å². The average molecular weight is 298 g/mol. The zero-order chi connectivity index (χ0) is 14.8. The highest BCUT2D eigenvalue weighted by atomic mass is 35.5. The van der Waals surface area contributed by atoms with Crippen LogP contribution in [0.3, 0.4) is 0 Å². The van der Waals surface area contributed by atoms with Gasteiger partial charge in [0.25, 0.3) is 0 Å². The maximum absolute atomic E-state index is 11.1. The summed E-state index contributed by atoms with van der Waals surface area (Å²) in [6.45, 7) is 0. The number of fused-ring (bicyclic) bond motifs is 1. The minimum absolute atomic E-state index is 0.0698. The van der Waals surface area contributed by atoms with Crippen LogP contribution in [-0.4, -0.2) is 16.1 Å². The minimum atomic E-state index is -0.879. The SMILES string of the molecule is O=C(O)Cc1cnc2ccc(Cl)cc2c1-c1ccccc1. The number of halogens is 1. The fraction of sp³-hybridized carbons (Fsp3) is 0.0588. The smallest absolute Gasteiger partial charge is 0.307 e. The number of carboxylic acid groups (broad SMARTS) is 1. The molecule has 0 saturated heterocycles. The van der Waals surface area contributed by atoms with Crippen LogP contribution in [0.25, 0.3) is 22.0 Å². The van der Waals surface area contributed by atoms with E-state index >= 15 is 0 Å². The van der Waals surface area contributed by atoms with Gasteiger partial charge in [-0.2, -0.15) is 0 Å². The summed E-state index contributed by atoms with van der Waals surface area (Å²) in [6, 6.07) is 15.2. The molecule has 1 N–H and O–H groups in total. The standard InChI is InChI=1S/C17H12ClNO2/c18-13-6-7-15-14(9-13)17(11-4-2-1-3-5-11)12(10-19-15)8-16(20)21/h1-7,9-10H,8H2,(H,20,21). The Hall–Kier alpha value is -2.39. The van der Waals surface area contributed by atoms with Crippen molar-refractivity contribution >= 4 is 28.5 Å². The van der Waals surface area contributed by atoms with Gasteiger partial charge >= 0.3 is 5.97 Å². The van der Waals surface area contributed by atoms with E-state index in [9.17, 15) is 4.79 Å². The second kappa shape index (κ2) is 5.54. The predicted molar refractivity (Wildman–Crippen MR) is 83.5 cm³/mol. The van der Waals surface area contributed by atoms with E-state index in [1.807, 2.05) is 42.5 Å². The van der Waals surface area contributed by atoms with Crippen molar-refractivity contribution in [2.24, 2.45) is 0 Å². The number of hydrogen-bond donors (Lipinski definition) is 1. The number of carboxylic acids is 1. The summed E-state index contributed by atoms with van der Waals surface area (Å²) in [5.41, 5.74) is 3.32. The Bertz CT molecular complexity index is 816. The molecule has 21 heavy (non-hydrogen) atoms. The summed E-state index contributed by atoms with van der Waals surface area (Å²) in [5, 5.41) is 10.6. The van der Waals surface area contributed by atoms with E-state index in [-0.39, 0.29) is 6.42 Å². The minimum Gasteiger partial charge on any atom is -0.481 e. The van der Waals surface area contributed by atoms with Gasteiger partial charge in [-0.3, -0.25) is 9.78 Å². The topological polar surface area (TPSA) is 50.2 Å². The molecule has 0 spiro atoms. The van der Waals surface area contributed by atoms with Crippen LogP contribution in [0, 0.1) is 0 Å². The summed E-state index contributed by atoms with van der Waals surface area (Å²) < 4.78 is 0. The first-order valence-electron chi connectivity index (χ1n) is 6.49. The molecule has 0 amide bonds. The fourth-order valence-electron chi connectivity index (χ4n) is 2.45. The van der Waals surface area contributed by atoms with Crippen molar-refractivity contribution in [3.05, 3.63) is 65.3 Å². The summed E-state index contributed by atoms with van der Waals surface area (Å²) in [4.78, 5) is 15.4. The molecule has 0 fully saturated rings. The van der Waals surface area contributed by atoms with Crippen molar-refractivity contribution in [2.75, 3.05) is 0 Å². The summed E-state index contributed by atoms with van der Waals surface area (Å²) >= 11 is 6.09. The second-order valence-electron chi connectivity index (χ2n) is 4.76. The number of rotatable bonds is 3. The van der Waals surface area contributed by atoms with Crippen molar-refractivity contribution in [1.82, 2.24) is 4.98 Å². The van der Waals surface area contributed by atoms with Gasteiger partial charge in [0.2, 0.25) is 0 Å². The van der Waals surface area contributed by atoms with Crippen LogP contribution in [0.5, 0.6) is 0 Å². The molecular formula is C17H12ClNO2. The number of hydrogen-bond acceptors (Lipinski definition) is 2. The van der Waals surface area contributed by atoms with Crippen molar-refractivity contribution in [3.63, 3.8) is 0 Å². The van der Waals surface area contributed by atoms with Crippen LogP contribution < -0.4 is 0 Å². The van der Waals surface area contributed by atoms with E-state index in [0.29, 0.717) is 10.6 Å². The van der Waals surface area contributed by atoms with E-state index in [1.165, 1.54) is 0 Å². The van der Waals surface area contributed by atoms with Gasteiger partial charge < -0.3 is 5.11 Å². The zero-order valence-corrected chi connectivity index (χ0v) is 11.8. The average Bonchev–Trinajstić information content (AvgIpc) is 2.47. The summed E-state index contributed by atoms with van der Waals surface area (Å²) in [7, 11) is 0. The van der Waals surface area contributed by atoms with E-state index in [1.54, 1.807) is 12.3 Å². The maximum Gasteiger partial charge on any atom is 0.307 e. The molecule has 0 bridgehead atoms.